The zero-order chi connectivity index (χ0) is 21.7. The Hall–Kier alpha value is -2.71. The highest BCUT2D eigenvalue weighted by molar-refractivity contribution is 8.02. The van der Waals surface area contributed by atoms with Gasteiger partial charge in [-0.1, -0.05) is 30.0 Å². The maximum Gasteiger partial charge on any atom is 0.243 e. The number of aromatic nitrogens is 1. The fourth-order valence-corrected chi connectivity index (χ4v) is 4.77. The van der Waals surface area contributed by atoms with E-state index in [4.69, 9.17) is 0 Å². The Kier molecular flexibility index (Phi) is 7.23. The molecule has 5 nitrogen and oxygen atoms in total. The van der Waals surface area contributed by atoms with Gasteiger partial charge in [0, 0.05) is 16.6 Å². The molecule has 2 N–H and O–H groups in total. The van der Waals surface area contributed by atoms with Crippen molar-refractivity contribution in [2.75, 3.05) is 11.9 Å². The highest BCUT2D eigenvalue weighted by Gasteiger charge is 2.18. The summed E-state index contributed by atoms with van der Waals surface area (Å²) in [7, 11) is 0. The first-order valence-electron chi connectivity index (χ1n) is 9.35. The quantitative estimate of drug-likeness (QED) is 0.515. The highest BCUT2D eigenvalue weighted by atomic mass is 32.2. The number of nitrogens with zero attached hydrogens (tertiary/aromatic N) is 1. The minimum atomic E-state index is -0.412. The third-order valence-electron chi connectivity index (χ3n) is 4.44. The molecule has 3 rings (SSSR count). The van der Waals surface area contributed by atoms with Gasteiger partial charge < -0.3 is 10.6 Å². The van der Waals surface area contributed by atoms with Gasteiger partial charge in [-0.15, -0.1) is 11.3 Å². The van der Waals surface area contributed by atoms with Crippen LogP contribution in [0.1, 0.15) is 18.1 Å². The number of carbonyl (C=O) groups is 2. The Morgan fingerprint density at radius 3 is 2.47 bits per heavy atom. The third-order valence-corrected chi connectivity index (χ3v) is 6.51. The van der Waals surface area contributed by atoms with Crippen molar-refractivity contribution in [1.82, 2.24) is 10.3 Å². The normalized spacial score (nSPS) is 11.7. The summed E-state index contributed by atoms with van der Waals surface area (Å²) in [6.45, 7) is 5.51. The molecule has 0 radical (unpaired) electrons. The van der Waals surface area contributed by atoms with Crippen molar-refractivity contribution in [3.8, 4) is 11.3 Å². The van der Waals surface area contributed by atoms with Crippen LogP contribution < -0.4 is 10.6 Å². The Bertz CT molecular complexity index is 1030. The molecule has 0 bridgehead atoms. The Labute approximate surface area is 183 Å². The van der Waals surface area contributed by atoms with E-state index >= 15 is 0 Å². The summed E-state index contributed by atoms with van der Waals surface area (Å²) in [6.07, 6.45) is 0. The molecule has 1 atom stereocenters. The van der Waals surface area contributed by atoms with Gasteiger partial charge in [0.1, 0.15) is 5.82 Å². The predicted molar refractivity (Wildman–Crippen MR) is 120 cm³/mol. The summed E-state index contributed by atoms with van der Waals surface area (Å²) >= 11 is 2.74. The molecule has 3 aromatic rings. The van der Waals surface area contributed by atoms with Gasteiger partial charge in [-0.2, -0.15) is 0 Å². The lowest BCUT2D eigenvalue weighted by Crippen LogP contribution is -2.37. The van der Waals surface area contributed by atoms with Crippen LogP contribution >= 0.6 is 23.1 Å². The fraction of sp³-hybridized carbons (Fsp3) is 0.227. The van der Waals surface area contributed by atoms with E-state index in [-0.39, 0.29) is 24.2 Å². The smallest absolute Gasteiger partial charge is 0.243 e. The summed E-state index contributed by atoms with van der Waals surface area (Å²) in [5, 5.41) is 6.98. The molecule has 0 saturated carbocycles. The first kappa shape index (κ1) is 22.0. The Balaban J connectivity index is 1.51. The van der Waals surface area contributed by atoms with Crippen LogP contribution in [-0.2, 0) is 9.59 Å². The van der Waals surface area contributed by atoms with Crippen molar-refractivity contribution < 1.29 is 14.0 Å². The molecule has 1 heterocycles. The van der Waals surface area contributed by atoms with Crippen molar-refractivity contribution in [2.45, 2.75) is 30.4 Å². The molecule has 2 amide bonds. The number of nitrogens with one attached hydrogen (secondary N) is 2. The number of amides is 2. The van der Waals surface area contributed by atoms with Crippen LogP contribution in [0, 0.1) is 19.7 Å². The first-order chi connectivity index (χ1) is 14.3. The molecule has 30 heavy (non-hydrogen) atoms. The zero-order valence-corrected chi connectivity index (χ0v) is 18.5. The lowest BCUT2D eigenvalue weighted by atomic mass is 10.1. The summed E-state index contributed by atoms with van der Waals surface area (Å²) in [6, 6.07) is 11.9. The second kappa shape index (κ2) is 9.86. The number of halogens is 1. The second-order valence-corrected chi connectivity index (χ2v) is 9.24. The summed E-state index contributed by atoms with van der Waals surface area (Å²) in [5.74, 6) is -0.809. The maximum absolute atomic E-state index is 13.1. The van der Waals surface area contributed by atoms with E-state index in [9.17, 15) is 14.0 Å². The average molecular weight is 444 g/mol. The van der Waals surface area contributed by atoms with Gasteiger partial charge in [0.05, 0.1) is 17.5 Å². The van der Waals surface area contributed by atoms with Crippen molar-refractivity contribution in [2.24, 2.45) is 0 Å². The van der Waals surface area contributed by atoms with Crippen LogP contribution in [0.4, 0.5) is 10.1 Å². The molecule has 1 unspecified atom stereocenters. The minimum Gasteiger partial charge on any atom is -0.346 e. The van der Waals surface area contributed by atoms with Crippen molar-refractivity contribution in [1.29, 1.82) is 0 Å². The van der Waals surface area contributed by atoms with Crippen LogP contribution in [0.3, 0.4) is 0 Å². The molecule has 0 aliphatic rings. The number of benzene rings is 2. The van der Waals surface area contributed by atoms with Crippen molar-refractivity contribution >= 4 is 40.6 Å². The molecule has 8 heteroatoms. The maximum atomic E-state index is 13.1. The second-order valence-electron chi connectivity index (χ2n) is 6.80. The van der Waals surface area contributed by atoms with Crippen LogP contribution in [0.15, 0.2) is 52.2 Å². The monoisotopic (exact) mass is 443 g/mol. The van der Waals surface area contributed by atoms with Gasteiger partial charge in [-0.25, -0.2) is 9.37 Å². The lowest BCUT2D eigenvalue weighted by molar-refractivity contribution is -0.123. The molecule has 156 valence electrons. The molecule has 1 aromatic heterocycles. The van der Waals surface area contributed by atoms with E-state index in [2.05, 4.69) is 15.6 Å². The predicted octanol–water partition coefficient (Wildman–Crippen LogP) is 4.80. The molecular weight excluding hydrogens is 421 g/mol. The van der Waals surface area contributed by atoms with Gasteiger partial charge in [0.2, 0.25) is 11.8 Å². The van der Waals surface area contributed by atoms with Crippen LogP contribution in [-0.4, -0.2) is 28.6 Å². The van der Waals surface area contributed by atoms with E-state index in [0.717, 1.165) is 32.4 Å². The van der Waals surface area contributed by atoms with Gasteiger partial charge in [0.25, 0.3) is 0 Å². The van der Waals surface area contributed by atoms with Crippen molar-refractivity contribution in [3.63, 3.8) is 0 Å². The third kappa shape index (κ3) is 5.67. The topological polar surface area (TPSA) is 71.1 Å². The van der Waals surface area contributed by atoms with Crippen LogP contribution in [0.2, 0.25) is 0 Å². The van der Waals surface area contributed by atoms with E-state index in [1.54, 1.807) is 19.1 Å². The number of para-hydroxylation sites is 1. The number of rotatable bonds is 7. The zero-order valence-electron chi connectivity index (χ0n) is 16.9. The molecule has 0 saturated heterocycles. The number of carbonyl (C=O) groups excluding carboxylic acids is 2. The average Bonchev–Trinajstić information content (AvgIpc) is 3.18. The first-order valence-corrected chi connectivity index (χ1v) is 11.1. The molecule has 2 aromatic carbocycles. The van der Waals surface area contributed by atoms with Gasteiger partial charge in [-0.05, 0) is 56.2 Å². The molecule has 0 aliphatic carbocycles. The van der Waals surface area contributed by atoms with Gasteiger partial charge in [0.15, 0.2) is 4.34 Å². The van der Waals surface area contributed by atoms with Gasteiger partial charge >= 0.3 is 0 Å². The number of anilines is 1. The molecule has 0 spiro atoms. The van der Waals surface area contributed by atoms with E-state index < -0.39 is 5.25 Å². The summed E-state index contributed by atoms with van der Waals surface area (Å²) in [5.41, 5.74) is 4.27. The highest BCUT2D eigenvalue weighted by Crippen LogP contribution is 2.31. The SMILES string of the molecule is Cc1cccc(C)c1NC(=O)CNC(=O)C(C)Sc1nc(-c2ccc(F)cc2)cs1. The molecule has 0 fully saturated rings. The summed E-state index contributed by atoms with van der Waals surface area (Å²) < 4.78 is 13.8. The Morgan fingerprint density at radius 1 is 1.13 bits per heavy atom. The van der Waals surface area contributed by atoms with E-state index in [0.29, 0.717) is 0 Å². The fourth-order valence-electron chi connectivity index (χ4n) is 2.78. The number of hydrogen-bond acceptors (Lipinski definition) is 5. The Morgan fingerprint density at radius 2 is 1.80 bits per heavy atom. The number of aryl methyl sites for hydroxylation is 2. The number of thioether (sulfide) groups is 1. The number of hydrogen-bond donors (Lipinski definition) is 2. The molecular formula is C22H22FN3O2S2. The van der Waals surface area contributed by atoms with E-state index in [1.165, 1.54) is 35.2 Å². The number of thiazole rings is 1. The minimum absolute atomic E-state index is 0.101. The van der Waals surface area contributed by atoms with Crippen LogP contribution in [0.25, 0.3) is 11.3 Å². The van der Waals surface area contributed by atoms with Gasteiger partial charge in [-0.3, -0.25) is 9.59 Å². The standard InChI is InChI=1S/C22H22FN3O2S2/c1-13-5-4-6-14(2)20(13)26-19(27)11-24-21(28)15(3)30-22-25-18(12-29-22)16-7-9-17(23)10-8-16/h4-10,12,15H,11H2,1-3H3,(H,24,28)(H,26,27). The van der Waals surface area contributed by atoms with Crippen molar-refractivity contribution in [3.05, 3.63) is 64.8 Å². The largest absolute Gasteiger partial charge is 0.346 e. The van der Waals surface area contributed by atoms with Crippen LogP contribution in [0.5, 0.6) is 0 Å². The lowest BCUT2D eigenvalue weighted by Gasteiger charge is -2.13. The summed E-state index contributed by atoms with van der Waals surface area (Å²) in [4.78, 5) is 29.1. The molecule has 0 aliphatic heterocycles. The van der Waals surface area contributed by atoms with E-state index in [1.807, 2.05) is 37.4 Å².